The highest BCUT2D eigenvalue weighted by Crippen LogP contribution is 2.42. The van der Waals surface area contributed by atoms with Crippen molar-refractivity contribution in [3.63, 3.8) is 0 Å². The molecular weight excluding hydrogens is 312 g/mol. The maximum absolute atomic E-state index is 13.3. The van der Waals surface area contributed by atoms with Gasteiger partial charge in [-0.05, 0) is 49.3 Å². The Labute approximate surface area is 147 Å². The third-order valence-electron chi connectivity index (χ3n) is 5.86. The van der Waals surface area contributed by atoms with Crippen LogP contribution in [-0.4, -0.2) is 10.9 Å². The molecule has 130 valence electrons. The third-order valence-corrected chi connectivity index (χ3v) is 5.86. The van der Waals surface area contributed by atoms with Crippen LogP contribution in [-0.2, 0) is 16.6 Å². The number of aromatic amines is 1. The molecule has 0 aliphatic heterocycles. The topological polar surface area (TPSA) is 62.0 Å². The van der Waals surface area contributed by atoms with E-state index in [-0.39, 0.29) is 17.5 Å². The standard InChI is InChI=1S/C21H24N2O2/c24-19-12-11-16-17(22-19)9-6-10-18(16)23-20(25)21(13-4-5-14-21)15-7-2-1-3-8-15/h1-3,7-8,11-12,18H,4-6,9-10,13-14H2,(H,22,24)(H,23,25)/t18-/m1/s1. The summed E-state index contributed by atoms with van der Waals surface area (Å²) in [5.41, 5.74) is 2.70. The van der Waals surface area contributed by atoms with E-state index >= 15 is 0 Å². The fourth-order valence-corrected chi connectivity index (χ4v) is 4.53. The molecule has 0 radical (unpaired) electrons. The summed E-state index contributed by atoms with van der Waals surface area (Å²) in [5, 5.41) is 3.31. The molecule has 1 aromatic carbocycles. The zero-order valence-electron chi connectivity index (χ0n) is 14.4. The highest BCUT2D eigenvalue weighted by atomic mass is 16.2. The summed E-state index contributed by atoms with van der Waals surface area (Å²) in [6.45, 7) is 0. The number of hydrogen-bond acceptors (Lipinski definition) is 2. The van der Waals surface area contributed by atoms with Crippen LogP contribution in [0.1, 0.15) is 61.4 Å². The molecule has 1 saturated carbocycles. The minimum Gasteiger partial charge on any atom is -0.348 e. The lowest BCUT2D eigenvalue weighted by Crippen LogP contribution is -2.45. The number of benzene rings is 1. The van der Waals surface area contributed by atoms with E-state index in [0.717, 1.165) is 61.8 Å². The Morgan fingerprint density at radius 1 is 1.04 bits per heavy atom. The lowest BCUT2D eigenvalue weighted by Gasteiger charge is -2.33. The van der Waals surface area contributed by atoms with E-state index in [9.17, 15) is 9.59 Å². The number of aromatic nitrogens is 1. The Morgan fingerprint density at radius 3 is 2.56 bits per heavy atom. The van der Waals surface area contributed by atoms with Crippen molar-refractivity contribution >= 4 is 5.91 Å². The second kappa shape index (κ2) is 6.51. The van der Waals surface area contributed by atoms with Crippen molar-refractivity contribution in [2.75, 3.05) is 0 Å². The second-order valence-electron chi connectivity index (χ2n) is 7.33. The predicted octanol–water partition coefficient (Wildman–Crippen LogP) is 3.38. The van der Waals surface area contributed by atoms with Crippen LogP contribution in [0.5, 0.6) is 0 Å². The molecule has 0 bridgehead atoms. The summed E-state index contributed by atoms with van der Waals surface area (Å²) in [6.07, 6.45) is 6.80. The molecule has 2 aliphatic rings. The molecule has 2 N–H and O–H groups in total. The Bertz CT molecular complexity index is 819. The number of carbonyl (C=O) groups is 1. The van der Waals surface area contributed by atoms with Gasteiger partial charge >= 0.3 is 0 Å². The van der Waals surface area contributed by atoms with Gasteiger partial charge in [0.2, 0.25) is 11.5 Å². The molecular formula is C21H24N2O2. The average molecular weight is 336 g/mol. The van der Waals surface area contributed by atoms with Crippen LogP contribution in [0.25, 0.3) is 0 Å². The van der Waals surface area contributed by atoms with E-state index in [2.05, 4.69) is 22.4 Å². The largest absolute Gasteiger partial charge is 0.348 e. The molecule has 1 fully saturated rings. The lowest BCUT2D eigenvalue weighted by molar-refractivity contribution is -0.127. The zero-order valence-corrected chi connectivity index (χ0v) is 14.4. The fraction of sp³-hybridized carbons (Fsp3) is 0.429. The summed E-state index contributed by atoms with van der Waals surface area (Å²) in [7, 11) is 0. The van der Waals surface area contributed by atoms with E-state index in [1.807, 2.05) is 24.3 Å². The SMILES string of the molecule is O=C(N[C@@H]1CCCc2[nH]c(=O)ccc21)C1(c2ccccc2)CCCC1. The molecule has 4 heteroatoms. The Hall–Kier alpha value is -2.36. The Balaban J connectivity index is 1.63. The van der Waals surface area contributed by atoms with Crippen LogP contribution in [0.15, 0.2) is 47.3 Å². The molecule has 1 amide bonds. The van der Waals surface area contributed by atoms with Crippen molar-refractivity contribution < 1.29 is 4.79 Å². The van der Waals surface area contributed by atoms with E-state index in [1.165, 1.54) is 0 Å². The molecule has 0 saturated heterocycles. The molecule has 1 heterocycles. The van der Waals surface area contributed by atoms with Gasteiger partial charge in [0.1, 0.15) is 0 Å². The van der Waals surface area contributed by atoms with Gasteiger partial charge in [-0.1, -0.05) is 43.2 Å². The molecule has 1 atom stereocenters. The third kappa shape index (κ3) is 2.90. The minimum absolute atomic E-state index is 0.00529. The summed E-state index contributed by atoms with van der Waals surface area (Å²) in [4.78, 5) is 27.8. The smallest absolute Gasteiger partial charge is 0.248 e. The van der Waals surface area contributed by atoms with Crippen LogP contribution < -0.4 is 10.9 Å². The van der Waals surface area contributed by atoms with Crippen molar-refractivity contribution in [3.8, 4) is 0 Å². The predicted molar refractivity (Wildman–Crippen MR) is 97.5 cm³/mol. The first-order chi connectivity index (χ1) is 12.2. The summed E-state index contributed by atoms with van der Waals surface area (Å²) in [6, 6.07) is 13.6. The number of nitrogens with one attached hydrogen (secondary N) is 2. The fourth-order valence-electron chi connectivity index (χ4n) is 4.53. The molecule has 2 aromatic rings. The number of carbonyl (C=O) groups excluding carboxylic acids is 1. The van der Waals surface area contributed by atoms with Crippen LogP contribution in [0.3, 0.4) is 0 Å². The van der Waals surface area contributed by atoms with Gasteiger partial charge in [0.05, 0.1) is 11.5 Å². The van der Waals surface area contributed by atoms with E-state index in [4.69, 9.17) is 0 Å². The van der Waals surface area contributed by atoms with Gasteiger partial charge in [0.15, 0.2) is 0 Å². The number of pyridine rings is 1. The monoisotopic (exact) mass is 336 g/mol. The van der Waals surface area contributed by atoms with Crippen LogP contribution in [0.2, 0.25) is 0 Å². The van der Waals surface area contributed by atoms with E-state index < -0.39 is 5.41 Å². The zero-order chi connectivity index (χ0) is 17.3. The first-order valence-electron chi connectivity index (χ1n) is 9.28. The molecule has 4 rings (SSSR count). The van der Waals surface area contributed by atoms with Gasteiger partial charge in [-0.25, -0.2) is 0 Å². The van der Waals surface area contributed by atoms with Gasteiger partial charge in [-0.3, -0.25) is 9.59 Å². The molecule has 2 aliphatic carbocycles. The van der Waals surface area contributed by atoms with Crippen molar-refractivity contribution in [1.29, 1.82) is 0 Å². The highest BCUT2D eigenvalue weighted by Gasteiger charge is 2.43. The average Bonchev–Trinajstić information content (AvgIpc) is 3.13. The van der Waals surface area contributed by atoms with Gasteiger partial charge in [-0.15, -0.1) is 0 Å². The maximum Gasteiger partial charge on any atom is 0.248 e. The Morgan fingerprint density at radius 2 is 1.80 bits per heavy atom. The maximum atomic E-state index is 13.3. The van der Waals surface area contributed by atoms with Crippen molar-refractivity contribution in [3.05, 3.63) is 69.6 Å². The number of fused-ring (bicyclic) bond motifs is 1. The Kier molecular flexibility index (Phi) is 4.20. The number of hydrogen-bond donors (Lipinski definition) is 2. The molecule has 0 spiro atoms. The number of rotatable bonds is 3. The summed E-state index contributed by atoms with van der Waals surface area (Å²) < 4.78 is 0. The minimum atomic E-state index is -0.402. The van der Waals surface area contributed by atoms with Crippen molar-refractivity contribution in [2.45, 2.75) is 56.4 Å². The molecule has 0 unspecified atom stereocenters. The highest BCUT2D eigenvalue weighted by molar-refractivity contribution is 5.89. The first-order valence-corrected chi connectivity index (χ1v) is 9.28. The first kappa shape index (κ1) is 16.1. The molecule has 4 nitrogen and oxygen atoms in total. The second-order valence-corrected chi connectivity index (χ2v) is 7.33. The van der Waals surface area contributed by atoms with Crippen LogP contribution in [0.4, 0.5) is 0 Å². The summed E-state index contributed by atoms with van der Waals surface area (Å²) >= 11 is 0. The summed E-state index contributed by atoms with van der Waals surface area (Å²) in [5.74, 6) is 0.139. The molecule has 25 heavy (non-hydrogen) atoms. The van der Waals surface area contributed by atoms with Gasteiger partial charge in [-0.2, -0.15) is 0 Å². The van der Waals surface area contributed by atoms with Crippen molar-refractivity contribution in [1.82, 2.24) is 10.3 Å². The van der Waals surface area contributed by atoms with Crippen LogP contribution >= 0.6 is 0 Å². The van der Waals surface area contributed by atoms with Crippen LogP contribution in [0, 0.1) is 0 Å². The van der Waals surface area contributed by atoms with Crippen molar-refractivity contribution in [2.24, 2.45) is 0 Å². The normalized spacial score (nSPS) is 21.5. The molecule has 1 aromatic heterocycles. The number of aryl methyl sites for hydroxylation is 1. The quantitative estimate of drug-likeness (QED) is 0.902. The van der Waals surface area contributed by atoms with Gasteiger partial charge in [0, 0.05) is 11.8 Å². The number of H-pyrrole nitrogens is 1. The lowest BCUT2D eigenvalue weighted by atomic mass is 9.77. The van der Waals surface area contributed by atoms with E-state index in [1.54, 1.807) is 6.07 Å². The number of amides is 1. The van der Waals surface area contributed by atoms with E-state index in [0.29, 0.717) is 0 Å². The van der Waals surface area contributed by atoms with Gasteiger partial charge < -0.3 is 10.3 Å². The van der Waals surface area contributed by atoms with Gasteiger partial charge in [0.25, 0.3) is 0 Å².